The normalized spacial score (nSPS) is 15.6. The molecule has 0 spiro atoms. The van der Waals surface area contributed by atoms with Gasteiger partial charge in [0.25, 0.3) is 0 Å². The van der Waals surface area contributed by atoms with Gasteiger partial charge in [0.2, 0.25) is 0 Å². The van der Waals surface area contributed by atoms with Crippen LogP contribution >= 0.6 is 0 Å². The summed E-state index contributed by atoms with van der Waals surface area (Å²) in [6.07, 6.45) is 2.37. The van der Waals surface area contributed by atoms with Crippen molar-refractivity contribution in [3.05, 3.63) is 23.8 Å². The molecule has 1 fully saturated rings. The number of hydrogen-bond donors (Lipinski definition) is 3. The van der Waals surface area contributed by atoms with Gasteiger partial charge in [0, 0.05) is 30.4 Å². The lowest BCUT2D eigenvalue weighted by atomic mass is 10.1. The molecule has 4 nitrogen and oxygen atoms in total. The van der Waals surface area contributed by atoms with Gasteiger partial charge in [-0.1, -0.05) is 0 Å². The fourth-order valence-corrected chi connectivity index (χ4v) is 1.91. The van der Waals surface area contributed by atoms with Crippen LogP contribution in [0.15, 0.2) is 18.2 Å². The van der Waals surface area contributed by atoms with E-state index in [9.17, 15) is 5.11 Å². The van der Waals surface area contributed by atoms with Crippen molar-refractivity contribution in [2.45, 2.75) is 25.4 Å². The Morgan fingerprint density at radius 2 is 2.12 bits per heavy atom. The van der Waals surface area contributed by atoms with Crippen molar-refractivity contribution in [2.24, 2.45) is 0 Å². The molecule has 0 atom stereocenters. The van der Waals surface area contributed by atoms with Crippen molar-refractivity contribution in [3.8, 4) is 5.75 Å². The summed E-state index contributed by atoms with van der Waals surface area (Å²) >= 11 is 0. The Balaban J connectivity index is 2.08. The highest BCUT2D eigenvalue weighted by Crippen LogP contribution is 2.30. The SMILES string of the molecule is Nc1ccc(O)c(CN(CCO)C2CC2)c1. The first-order valence-electron chi connectivity index (χ1n) is 5.63. The molecule has 88 valence electrons. The molecule has 0 amide bonds. The minimum atomic E-state index is 0.152. The lowest BCUT2D eigenvalue weighted by molar-refractivity contribution is 0.182. The van der Waals surface area contributed by atoms with Crippen molar-refractivity contribution >= 4 is 5.69 Å². The molecule has 1 aromatic rings. The number of aliphatic hydroxyl groups excluding tert-OH is 1. The maximum atomic E-state index is 9.71. The highest BCUT2D eigenvalue weighted by Gasteiger charge is 2.28. The number of rotatable bonds is 5. The predicted octanol–water partition coefficient (Wildman–Crippen LogP) is 0.931. The van der Waals surface area contributed by atoms with E-state index in [-0.39, 0.29) is 12.4 Å². The van der Waals surface area contributed by atoms with Crippen molar-refractivity contribution in [1.82, 2.24) is 4.90 Å². The topological polar surface area (TPSA) is 69.7 Å². The Hall–Kier alpha value is -1.26. The Kier molecular flexibility index (Phi) is 3.31. The third-order valence-corrected chi connectivity index (χ3v) is 2.93. The van der Waals surface area contributed by atoms with Crippen LogP contribution in [0.25, 0.3) is 0 Å². The second kappa shape index (κ2) is 4.72. The predicted molar refractivity (Wildman–Crippen MR) is 63.0 cm³/mol. The summed E-state index contributed by atoms with van der Waals surface area (Å²) in [5, 5.41) is 18.7. The van der Waals surface area contributed by atoms with Crippen LogP contribution in [0.4, 0.5) is 5.69 Å². The fraction of sp³-hybridized carbons (Fsp3) is 0.500. The molecule has 0 aromatic heterocycles. The largest absolute Gasteiger partial charge is 0.508 e. The van der Waals surface area contributed by atoms with E-state index in [1.54, 1.807) is 18.2 Å². The van der Waals surface area contributed by atoms with Gasteiger partial charge < -0.3 is 15.9 Å². The van der Waals surface area contributed by atoms with Crippen molar-refractivity contribution in [1.29, 1.82) is 0 Å². The average Bonchev–Trinajstić information content (AvgIpc) is 3.06. The first-order chi connectivity index (χ1) is 7.70. The number of anilines is 1. The quantitative estimate of drug-likeness (QED) is 0.512. The third-order valence-electron chi connectivity index (χ3n) is 2.93. The van der Waals surface area contributed by atoms with Crippen molar-refractivity contribution < 1.29 is 10.2 Å². The van der Waals surface area contributed by atoms with Gasteiger partial charge >= 0.3 is 0 Å². The summed E-state index contributed by atoms with van der Waals surface area (Å²) < 4.78 is 0. The number of nitrogens with zero attached hydrogens (tertiary/aromatic N) is 1. The summed E-state index contributed by atoms with van der Waals surface area (Å²) in [4.78, 5) is 2.19. The lowest BCUT2D eigenvalue weighted by Gasteiger charge is -2.21. The van der Waals surface area contributed by atoms with Gasteiger partial charge in [-0.25, -0.2) is 0 Å². The highest BCUT2D eigenvalue weighted by molar-refractivity contribution is 5.47. The molecule has 0 saturated heterocycles. The van der Waals surface area contributed by atoms with Crippen LogP contribution in [-0.2, 0) is 6.54 Å². The molecule has 1 aromatic carbocycles. The molecule has 16 heavy (non-hydrogen) atoms. The Morgan fingerprint density at radius 1 is 1.38 bits per heavy atom. The number of phenols is 1. The Morgan fingerprint density at radius 3 is 2.75 bits per heavy atom. The number of aromatic hydroxyl groups is 1. The summed E-state index contributed by atoms with van der Waals surface area (Å²) in [6.45, 7) is 1.46. The molecule has 2 rings (SSSR count). The van der Waals surface area contributed by atoms with Gasteiger partial charge in [-0.15, -0.1) is 0 Å². The van der Waals surface area contributed by atoms with E-state index in [0.717, 1.165) is 5.56 Å². The molecular weight excluding hydrogens is 204 g/mol. The van der Waals surface area contributed by atoms with Crippen LogP contribution in [0, 0.1) is 0 Å². The van der Waals surface area contributed by atoms with E-state index in [2.05, 4.69) is 4.90 Å². The highest BCUT2D eigenvalue weighted by atomic mass is 16.3. The van der Waals surface area contributed by atoms with Crippen molar-refractivity contribution in [2.75, 3.05) is 18.9 Å². The molecule has 0 heterocycles. The third kappa shape index (κ3) is 2.65. The Labute approximate surface area is 95.3 Å². The summed E-state index contributed by atoms with van der Waals surface area (Å²) in [7, 11) is 0. The standard InChI is InChI=1S/C12H18N2O2/c13-10-1-4-12(16)9(7-10)8-14(5-6-15)11-2-3-11/h1,4,7,11,15-16H,2-3,5-6,8,13H2. The van der Waals surface area contributed by atoms with Gasteiger partial charge in [0.15, 0.2) is 0 Å². The zero-order chi connectivity index (χ0) is 11.5. The molecule has 1 aliphatic rings. The van der Waals surface area contributed by atoms with Crippen molar-refractivity contribution in [3.63, 3.8) is 0 Å². The first-order valence-corrected chi connectivity index (χ1v) is 5.63. The zero-order valence-electron chi connectivity index (χ0n) is 9.26. The van der Waals surface area contributed by atoms with E-state index < -0.39 is 0 Å². The molecule has 0 unspecified atom stereocenters. The Bertz CT molecular complexity index is 364. The molecule has 1 aliphatic carbocycles. The minimum absolute atomic E-state index is 0.152. The number of nitrogen functional groups attached to an aromatic ring is 1. The number of hydrogen-bond acceptors (Lipinski definition) is 4. The van der Waals surface area contributed by atoms with Gasteiger partial charge in [-0.3, -0.25) is 4.90 Å². The second-order valence-corrected chi connectivity index (χ2v) is 4.31. The van der Waals surface area contributed by atoms with E-state index in [0.29, 0.717) is 24.8 Å². The smallest absolute Gasteiger partial charge is 0.120 e. The summed E-state index contributed by atoms with van der Waals surface area (Å²) in [5.74, 6) is 0.276. The van der Waals surface area contributed by atoms with Gasteiger partial charge in [0.1, 0.15) is 5.75 Å². The van der Waals surface area contributed by atoms with Gasteiger partial charge in [-0.05, 0) is 31.0 Å². The number of benzene rings is 1. The van der Waals surface area contributed by atoms with E-state index in [4.69, 9.17) is 10.8 Å². The lowest BCUT2D eigenvalue weighted by Crippen LogP contribution is -2.28. The van der Waals surface area contributed by atoms with E-state index in [1.807, 2.05) is 0 Å². The molecule has 4 N–H and O–H groups in total. The molecule has 1 saturated carbocycles. The monoisotopic (exact) mass is 222 g/mol. The zero-order valence-corrected chi connectivity index (χ0v) is 9.26. The fourth-order valence-electron chi connectivity index (χ4n) is 1.91. The number of phenolic OH excluding ortho intramolecular Hbond substituents is 1. The van der Waals surface area contributed by atoms with Crippen LogP contribution in [0.1, 0.15) is 18.4 Å². The van der Waals surface area contributed by atoms with Crippen LogP contribution in [0.5, 0.6) is 5.75 Å². The van der Waals surface area contributed by atoms with E-state index >= 15 is 0 Å². The first kappa shape index (κ1) is 11.2. The van der Waals surface area contributed by atoms with Gasteiger partial charge in [0.05, 0.1) is 6.61 Å². The number of aliphatic hydroxyl groups is 1. The van der Waals surface area contributed by atoms with Crippen LogP contribution < -0.4 is 5.73 Å². The molecule has 0 aliphatic heterocycles. The molecule has 0 radical (unpaired) electrons. The second-order valence-electron chi connectivity index (χ2n) is 4.31. The maximum absolute atomic E-state index is 9.71. The van der Waals surface area contributed by atoms with Gasteiger partial charge in [-0.2, -0.15) is 0 Å². The molecule has 4 heteroatoms. The molecule has 0 bridgehead atoms. The van der Waals surface area contributed by atoms with E-state index in [1.165, 1.54) is 12.8 Å². The van der Waals surface area contributed by atoms with Crippen LogP contribution in [-0.4, -0.2) is 34.3 Å². The van der Waals surface area contributed by atoms with Crippen LogP contribution in [0.3, 0.4) is 0 Å². The summed E-state index contributed by atoms with van der Waals surface area (Å²) in [6, 6.07) is 5.66. The number of nitrogens with two attached hydrogens (primary N) is 1. The van der Waals surface area contributed by atoms with Crippen LogP contribution in [0.2, 0.25) is 0 Å². The summed E-state index contributed by atoms with van der Waals surface area (Å²) in [5.41, 5.74) is 7.18. The molecular formula is C12H18N2O2. The maximum Gasteiger partial charge on any atom is 0.120 e. The minimum Gasteiger partial charge on any atom is -0.508 e. The average molecular weight is 222 g/mol.